The molecule has 2 N–H and O–H groups in total. The first-order chi connectivity index (χ1) is 12.2. The lowest BCUT2D eigenvalue weighted by Gasteiger charge is -2.20. The lowest BCUT2D eigenvalue weighted by molar-refractivity contribution is -0.130. The molecule has 7 heteroatoms. The van der Waals surface area contributed by atoms with Crippen LogP contribution in [0.25, 0.3) is 0 Å². The van der Waals surface area contributed by atoms with E-state index in [1.165, 1.54) is 6.42 Å². The van der Waals surface area contributed by atoms with Gasteiger partial charge in [0, 0.05) is 59.3 Å². The Hall–Kier alpha value is -1.34. The summed E-state index contributed by atoms with van der Waals surface area (Å²) in [6.45, 7) is 8.84. The van der Waals surface area contributed by atoms with Gasteiger partial charge in [0.1, 0.15) is 0 Å². The molecule has 7 nitrogen and oxygen atoms in total. The summed E-state index contributed by atoms with van der Waals surface area (Å²) in [5.41, 5.74) is 0. The average Bonchev–Trinajstić information content (AvgIpc) is 2.81. The summed E-state index contributed by atoms with van der Waals surface area (Å²) >= 11 is 0. The molecule has 1 saturated heterocycles. The zero-order valence-corrected chi connectivity index (χ0v) is 16.4. The Kier molecular flexibility index (Phi) is 12.1. The lowest BCUT2D eigenvalue weighted by atomic mass is 10.2. The maximum atomic E-state index is 12.0. The number of likely N-dealkylation sites (N-methyl/N-ethyl adjacent to an activating group) is 1. The Balaban J connectivity index is 2.26. The fourth-order valence-electron chi connectivity index (χ4n) is 2.79. The van der Waals surface area contributed by atoms with Crippen molar-refractivity contribution in [1.82, 2.24) is 20.4 Å². The largest absolute Gasteiger partial charge is 0.383 e. The third-order valence-electron chi connectivity index (χ3n) is 4.33. The van der Waals surface area contributed by atoms with Crippen molar-refractivity contribution in [3.05, 3.63) is 0 Å². The average molecular weight is 356 g/mol. The van der Waals surface area contributed by atoms with Gasteiger partial charge in [-0.3, -0.25) is 9.79 Å². The molecular weight excluding hydrogens is 318 g/mol. The molecule has 1 fully saturated rings. The van der Waals surface area contributed by atoms with Crippen molar-refractivity contribution < 1.29 is 9.53 Å². The van der Waals surface area contributed by atoms with E-state index in [4.69, 9.17) is 4.74 Å². The predicted molar refractivity (Wildman–Crippen MR) is 103 cm³/mol. The van der Waals surface area contributed by atoms with Gasteiger partial charge in [-0.05, 0) is 33.2 Å². The number of methoxy groups -OCH3 is 1. The maximum Gasteiger partial charge on any atom is 0.222 e. The van der Waals surface area contributed by atoms with E-state index < -0.39 is 0 Å². The monoisotopic (exact) mass is 355 g/mol. The molecular formula is C18H37N5O2. The van der Waals surface area contributed by atoms with E-state index in [9.17, 15) is 4.79 Å². The molecule has 146 valence electrons. The van der Waals surface area contributed by atoms with Crippen molar-refractivity contribution >= 4 is 11.9 Å². The molecule has 1 rings (SSSR count). The van der Waals surface area contributed by atoms with Crippen LogP contribution in [0.3, 0.4) is 0 Å². The smallest absolute Gasteiger partial charge is 0.222 e. The quantitative estimate of drug-likeness (QED) is 0.328. The summed E-state index contributed by atoms with van der Waals surface area (Å²) in [5.74, 6) is 1.16. The van der Waals surface area contributed by atoms with Gasteiger partial charge in [-0.1, -0.05) is 6.42 Å². The van der Waals surface area contributed by atoms with Crippen molar-refractivity contribution in [2.24, 2.45) is 4.99 Å². The van der Waals surface area contributed by atoms with Crippen molar-refractivity contribution in [1.29, 1.82) is 0 Å². The van der Waals surface area contributed by atoms with Gasteiger partial charge in [-0.2, -0.15) is 0 Å². The van der Waals surface area contributed by atoms with E-state index in [0.717, 1.165) is 77.6 Å². The third-order valence-corrected chi connectivity index (χ3v) is 4.33. The normalized spacial score (nSPS) is 16.2. The minimum atomic E-state index is 0.311. The van der Waals surface area contributed by atoms with Crippen molar-refractivity contribution in [3.63, 3.8) is 0 Å². The first-order valence-corrected chi connectivity index (χ1v) is 9.64. The molecule has 1 aliphatic rings. The topological polar surface area (TPSA) is 69.2 Å². The Morgan fingerprint density at radius 1 is 1.28 bits per heavy atom. The highest BCUT2D eigenvalue weighted by molar-refractivity contribution is 5.79. The Labute approximate surface area is 153 Å². The van der Waals surface area contributed by atoms with Crippen LogP contribution in [0, 0.1) is 0 Å². The number of rotatable bonds is 11. The summed E-state index contributed by atoms with van der Waals surface area (Å²) in [7, 11) is 3.81. The van der Waals surface area contributed by atoms with E-state index >= 15 is 0 Å². The molecule has 0 aromatic carbocycles. The third kappa shape index (κ3) is 10.3. The van der Waals surface area contributed by atoms with Crippen LogP contribution >= 0.6 is 0 Å². The van der Waals surface area contributed by atoms with E-state index in [-0.39, 0.29) is 0 Å². The predicted octanol–water partition coefficient (Wildman–Crippen LogP) is 0.912. The number of hydrogen-bond donors (Lipinski definition) is 2. The highest BCUT2D eigenvalue weighted by Crippen LogP contribution is 2.11. The molecule has 0 aromatic rings. The van der Waals surface area contributed by atoms with Crippen LogP contribution < -0.4 is 10.6 Å². The zero-order valence-electron chi connectivity index (χ0n) is 16.4. The molecule has 1 aliphatic heterocycles. The fourth-order valence-corrected chi connectivity index (χ4v) is 2.79. The van der Waals surface area contributed by atoms with Crippen molar-refractivity contribution in [3.8, 4) is 0 Å². The van der Waals surface area contributed by atoms with Crippen LogP contribution in [0.2, 0.25) is 0 Å². The van der Waals surface area contributed by atoms with Crippen LogP contribution in [-0.4, -0.2) is 88.2 Å². The molecule has 0 aliphatic carbocycles. The van der Waals surface area contributed by atoms with E-state index in [1.807, 2.05) is 4.90 Å². The standard InChI is InChI=1S/C18H37N5O2/c1-4-19-18(21-11-14-22(2)15-16-25-3)20-10-8-13-23-12-7-5-6-9-17(23)24/h4-16H2,1-3H3,(H2,19,20,21). The lowest BCUT2D eigenvalue weighted by Crippen LogP contribution is -2.41. The number of guanidine groups is 1. The van der Waals surface area contributed by atoms with Gasteiger partial charge in [-0.25, -0.2) is 0 Å². The van der Waals surface area contributed by atoms with E-state index in [2.05, 4.69) is 34.5 Å². The molecule has 1 amide bonds. The maximum absolute atomic E-state index is 12.0. The van der Waals surface area contributed by atoms with Crippen LogP contribution in [-0.2, 0) is 9.53 Å². The van der Waals surface area contributed by atoms with Gasteiger partial charge < -0.3 is 25.2 Å². The second-order valence-corrected chi connectivity index (χ2v) is 6.53. The number of amides is 1. The number of likely N-dealkylation sites (tertiary alicyclic amines) is 1. The summed E-state index contributed by atoms with van der Waals surface area (Å²) in [5, 5.41) is 6.63. The SMILES string of the molecule is CCNC(=NCCCN1CCCCCC1=O)NCCN(C)CCOC. The minimum absolute atomic E-state index is 0.311. The van der Waals surface area contributed by atoms with Crippen LogP contribution in [0.1, 0.15) is 39.0 Å². The number of ether oxygens (including phenoxy) is 1. The minimum Gasteiger partial charge on any atom is -0.383 e. The summed E-state index contributed by atoms with van der Waals surface area (Å²) in [6, 6.07) is 0. The second-order valence-electron chi connectivity index (χ2n) is 6.53. The van der Waals surface area contributed by atoms with Gasteiger partial charge in [0.15, 0.2) is 5.96 Å². The van der Waals surface area contributed by atoms with Crippen molar-refractivity contribution in [2.45, 2.75) is 39.0 Å². The van der Waals surface area contributed by atoms with Crippen LogP contribution in [0.4, 0.5) is 0 Å². The number of carbonyl (C=O) groups excluding carboxylic acids is 1. The molecule has 0 saturated carbocycles. The van der Waals surface area contributed by atoms with Gasteiger partial charge >= 0.3 is 0 Å². The highest BCUT2D eigenvalue weighted by atomic mass is 16.5. The number of nitrogens with one attached hydrogen (secondary N) is 2. The summed E-state index contributed by atoms with van der Waals surface area (Å²) in [6.07, 6.45) is 4.98. The summed E-state index contributed by atoms with van der Waals surface area (Å²) < 4.78 is 5.08. The van der Waals surface area contributed by atoms with Crippen LogP contribution in [0.5, 0.6) is 0 Å². The van der Waals surface area contributed by atoms with Crippen molar-refractivity contribution in [2.75, 3.05) is 66.6 Å². The number of nitrogens with zero attached hydrogens (tertiary/aromatic N) is 3. The van der Waals surface area contributed by atoms with Gasteiger partial charge in [0.05, 0.1) is 6.61 Å². The highest BCUT2D eigenvalue weighted by Gasteiger charge is 2.15. The van der Waals surface area contributed by atoms with Crippen LogP contribution in [0.15, 0.2) is 4.99 Å². The number of hydrogen-bond acceptors (Lipinski definition) is 4. The van der Waals surface area contributed by atoms with E-state index in [0.29, 0.717) is 12.3 Å². The molecule has 0 atom stereocenters. The van der Waals surface area contributed by atoms with E-state index in [1.54, 1.807) is 7.11 Å². The first kappa shape index (κ1) is 21.7. The molecule has 1 heterocycles. The fraction of sp³-hybridized carbons (Fsp3) is 0.889. The van der Waals surface area contributed by atoms with Gasteiger partial charge in [0.25, 0.3) is 0 Å². The molecule has 0 aromatic heterocycles. The second kappa shape index (κ2) is 13.9. The van der Waals surface area contributed by atoms with Gasteiger partial charge in [0.2, 0.25) is 5.91 Å². The Morgan fingerprint density at radius 3 is 2.88 bits per heavy atom. The molecule has 0 spiro atoms. The molecule has 0 unspecified atom stereocenters. The summed E-state index contributed by atoms with van der Waals surface area (Å²) in [4.78, 5) is 20.8. The van der Waals surface area contributed by atoms with Gasteiger partial charge in [-0.15, -0.1) is 0 Å². The Morgan fingerprint density at radius 2 is 2.12 bits per heavy atom. The molecule has 0 bridgehead atoms. The first-order valence-electron chi connectivity index (χ1n) is 9.64. The number of carbonyl (C=O) groups is 1. The number of aliphatic imine (C=N–C) groups is 1. The molecule has 0 radical (unpaired) electrons. The molecule has 25 heavy (non-hydrogen) atoms. The zero-order chi connectivity index (χ0) is 18.3. The Bertz CT molecular complexity index is 390.